The van der Waals surface area contributed by atoms with Gasteiger partial charge in [0, 0.05) is 6.04 Å². The molecule has 1 aromatic carbocycles. The second kappa shape index (κ2) is 9.15. The molecular formula is C18H31NO. The summed E-state index contributed by atoms with van der Waals surface area (Å²) in [6.07, 6.45) is 4.70. The third-order valence-corrected chi connectivity index (χ3v) is 3.26. The Labute approximate surface area is 124 Å². The van der Waals surface area contributed by atoms with Crippen LogP contribution in [-0.2, 0) is 11.2 Å². The van der Waals surface area contributed by atoms with E-state index in [9.17, 15) is 0 Å². The lowest BCUT2D eigenvalue weighted by atomic mass is 10.0. The van der Waals surface area contributed by atoms with Crippen molar-refractivity contribution in [2.24, 2.45) is 0 Å². The maximum Gasteiger partial charge on any atom is 0.0626 e. The summed E-state index contributed by atoms with van der Waals surface area (Å²) in [5, 5.41) is 3.60. The van der Waals surface area contributed by atoms with E-state index in [2.05, 4.69) is 63.3 Å². The normalized spacial score (nSPS) is 13.4. The summed E-state index contributed by atoms with van der Waals surface area (Å²) in [4.78, 5) is 0. The van der Waals surface area contributed by atoms with Crippen molar-refractivity contribution in [2.45, 2.75) is 65.0 Å². The minimum Gasteiger partial charge on any atom is -0.374 e. The summed E-state index contributed by atoms with van der Waals surface area (Å²) in [7, 11) is 0. The molecule has 1 rings (SSSR count). The smallest absolute Gasteiger partial charge is 0.0626 e. The number of ether oxygens (including phenoxy) is 1. The van der Waals surface area contributed by atoms with Gasteiger partial charge < -0.3 is 10.1 Å². The largest absolute Gasteiger partial charge is 0.374 e. The van der Waals surface area contributed by atoms with Crippen molar-refractivity contribution >= 4 is 0 Å². The van der Waals surface area contributed by atoms with E-state index in [4.69, 9.17) is 4.74 Å². The lowest BCUT2D eigenvalue weighted by Crippen LogP contribution is -2.37. The summed E-state index contributed by atoms with van der Waals surface area (Å²) >= 11 is 0. The van der Waals surface area contributed by atoms with E-state index in [0.717, 1.165) is 19.6 Å². The Kier molecular flexibility index (Phi) is 7.86. The molecule has 0 spiro atoms. The van der Waals surface area contributed by atoms with Gasteiger partial charge in [0.2, 0.25) is 0 Å². The molecule has 114 valence electrons. The van der Waals surface area contributed by atoms with Crippen molar-refractivity contribution in [2.75, 3.05) is 13.2 Å². The predicted molar refractivity (Wildman–Crippen MR) is 87.2 cm³/mol. The lowest BCUT2D eigenvalue weighted by Gasteiger charge is -2.25. The molecule has 0 aromatic heterocycles. The van der Waals surface area contributed by atoms with Crippen LogP contribution in [0.3, 0.4) is 0 Å². The van der Waals surface area contributed by atoms with Crippen molar-refractivity contribution in [1.82, 2.24) is 5.32 Å². The standard InChI is InChI=1S/C18H31NO/c1-5-14-19-17(15-20-18(2,3)4)13-9-12-16-10-7-6-8-11-16/h6-8,10-11,17,19H,5,9,12-15H2,1-4H3. The molecule has 20 heavy (non-hydrogen) atoms. The Morgan fingerprint density at radius 1 is 1.15 bits per heavy atom. The molecule has 0 amide bonds. The summed E-state index contributed by atoms with van der Waals surface area (Å²) in [6, 6.07) is 11.2. The number of hydrogen-bond donors (Lipinski definition) is 1. The van der Waals surface area contributed by atoms with Gasteiger partial charge in [0.1, 0.15) is 0 Å². The summed E-state index contributed by atoms with van der Waals surface area (Å²) in [5.41, 5.74) is 1.38. The van der Waals surface area contributed by atoms with Crippen molar-refractivity contribution in [3.8, 4) is 0 Å². The number of nitrogens with one attached hydrogen (secondary N) is 1. The second-order valence-electron chi connectivity index (χ2n) is 6.45. The molecule has 1 atom stereocenters. The molecule has 0 aliphatic carbocycles. The van der Waals surface area contributed by atoms with Gasteiger partial charge in [-0.15, -0.1) is 0 Å². The van der Waals surface area contributed by atoms with Crippen LogP contribution >= 0.6 is 0 Å². The zero-order valence-corrected chi connectivity index (χ0v) is 13.6. The number of aryl methyl sites for hydroxylation is 1. The summed E-state index contributed by atoms with van der Waals surface area (Å²) in [6.45, 7) is 10.4. The molecule has 0 heterocycles. The monoisotopic (exact) mass is 277 g/mol. The number of benzene rings is 1. The van der Waals surface area contributed by atoms with E-state index in [-0.39, 0.29) is 5.60 Å². The molecule has 0 radical (unpaired) electrons. The van der Waals surface area contributed by atoms with Crippen molar-refractivity contribution < 1.29 is 4.74 Å². The molecule has 1 N–H and O–H groups in total. The van der Waals surface area contributed by atoms with E-state index in [1.54, 1.807) is 0 Å². The Morgan fingerprint density at radius 3 is 2.45 bits per heavy atom. The topological polar surface area (TPSA) is 21.3 Å². The van der Waals surface area contributed by atoms with Crippen LogP contribution in [0.5, 0.6) is 0 Å². The van der Waals surface area contributed by atoms with Gasteiger partial charge in [0.15, 0.2) is 0 Å². The first-order valence-electron chi connectivity index (χ1n) is 7.92. The van der Waals surface area contributed by atoms with Crippen LogP contribution in [-0.4, -0.2) is 24.8 Å². The van der Waals surface area contributed by atoms with E-state index in [1.807, 2.05) is 0 Å². The molecule has 0 fully saturated rings. The van der Waals surface area contributed by atoms with Crippen LogP contribution in [0.25, 0.3) is 0 Å². The fraction of sp³-hybridized carbons (Fsp3) is 0.667. The van der Waals surface area contributed by atoms with Gasteiger partial charge in [-0.2, -0.15) is 0 Å². The first-order valence-corrected chi connectivity index (χ1v) is 7.92. The van der Waals surface area contributed by atoms with Crippen molar-refractivity contribution in [1.29, 1.82) is 0 Å². The first-order chi connectivity index (χ1) is 9.51. The van der Waals surface area contributed by atoms with Gasteiger partial charge in [-0.25, -0.2) is 0 Å². The van der Waals surface area contributed by atoms with Crippen molar-refractivity contribution in [3.05, 3.63) is 35.9 Å². The Bertz CT molecular complexity index is 342. The average molecular weight is 277 g/mol. The fourth-order valence-electron chi connectivity index (χ4n) is 2.14. The Balaban J connectivity index is 2.32. The van der Waals surface area contributed by atoms with Crippen LogP contribution in [0.4, 0.5) is 0 Å². The van der Waals surface area contributed by atoms with Gasteiger partial charge >= 0.3 is 0 Å². The van der Waals surface area contributed by atoms with Crippen LogP contribution in [0.15, 0.2) is 30.3 Å². The Hall–Kier alpha value is -0.860. The molecule has 0 aliphatic rings. The minimum atomic E-state index is -0.0500. The molecule has 0 saturated carbocycles. The SMILES string of the molecule is CCCNC(CCCc1ccccc1)COC(C)(C)C. The first kappa shape index (κ1) is 17.2. The van der Waals surface area contributed by atoms with Gasteiger partial charge in [-0.3, -0.25) is 0 Å². The maximum atomic E-state index is 5.93. The Morgan fingerprint density at radius 2 is 1.85 bits per heavy atom. The highest BCUT2D eigenvalue weighted by Crippen LogP contribution is 2.11. The average Bonchev–Trinajstić information content (AvgIpc) is 2.41. The maximum absolute atomic E-state index is 5.93. The van der Waals surface area contributed by atoms with E-state index < -0.39 is 0 Å². The zero-order valence-electron chi connectivity index (χ0n) is 13.6. The van der Waals surface area contributed by atoms with Crippen molar-refractivity contribution in [3.63, 3.8) is 0 Å². The number of hydrogen-bond acceptors (Lipinski definition) is 2. The van der Waals surface area contributed by atoms with E-state index in [1.165, 1.54) is 24.8 Å². The lowest BCUT2D eigenvalue weighted by molar-refractivity contribution is -0.0155. The summed E-state index contributed by atoms with van der Waals surface area (Å²) in [5.74, 6) is 0. The molecule has 0 saturated heterocycles. The molecule has 1 unspecified atom stereocenters. The highest BCUT2D eigenvalue weighted by Gasteiger charge is 2.14. The van der Waals surface area contributed by atoms with Crippen LogP contribution in [0.2, 0.25) is 0 Å². The van der Waals surface area contributed by atoms with Gasteiger partial charge in [-0.05, 0) is 58.6 Å². The van der Waals surface area contributed by atoms with Crippen LogP contribution < -0.4 is 5.32 Å². The quantitative estimate of drug-likeness (QED) is 0.730. The van der Waals surface area contributed by atoms with Crippen LogP contribution in [0.1, 0.15) is 52.5 Å². The predicted octanol–water partition coefficient (Wildman–Crippen LogP) is 4.19. The number of rotatable bonds is 9. The second-order valence-corrected chi connectivity index (χ2v) is 6.45. The third-order valence-electron chi connectivity index (χ3n) is 3.26. The minimum absolute atomic E-state index is 0.0500. The summed E-state index contributed by atoms with van der Waals surface area (Å²) < 4.78 is 5.93. The van der Waals surface area contributed by atoms with Gasteiger partial charge in [-0.1, -0.05) is 37.3 Å². The molecular weight excluding hydrogens is 246 g/mol. The van der Waals surface area contributed by atoms with Gasteiger partial charge in [0.25, 0.3) is 0 Å². The molecule has 0 aliphatic heterocycles. The highest BCUT2D eigenvalue weighted by molar-refractivity contribution is 5.14. The molecule has 1 aromatic rings. The van der Waals surface area contributed by atoms with Crippen LogP contribution in [0, 0.1) is 0 Å². The van der Waals surface area contributed by atoms with E-state index in [0.29, 0.717) is 6.04 Å². The zero-order chi connectivity index (χ0) is 14.8. The third kappa shape index (κ3) is 8.34. The van der Waals surface area contributed by atoms with E-state index >= 15 is 0 Å². The highest BCUT2D eigenvalue weighted by atomic mass is 16.5. The fourth-order valence-corrected chi connectivity index (χ4v) is 2.14. The van der Waals surface area contributed by atoms with Gasteiger partial charge in [0.05, 0.1) is 12.2 Å². The molecule has 2 heteroatoms. The molecule has 2 nitrogen and oxygen atoms in total. The molecule has 0 bridgehead atoms.